The molecule has 1 aromatic rings. The summed E-state index contributed by atoms with van der Waals surface area (Å²) in [4.78, 5) is 11.5. The lowest BCUT2D eigenvalue weighted by Gasteiger charge is -2.48. The Balaban J connectivity index is 2.53. The molecule has 5 nitrogen and oxygen atoms in total. The number of nitrogens with two attached hydrogens (primary N) is 1. The summed E-state index contributed by atoms with van der Waals surface area (Å²) in [6.45, 7) is 2.23. The number of rotatable bonds is 7. The quantitative estimate of drug-likeness (QED) is 0.750. The van der Waals surface area contributed by atoms with Gasteiger partial charge in [-0.05, 0) is 37.3 Å². The average Bonchev–Trinajstić information content (AvgIpc) is 2.57. The van der Waals surface area contributed by atoms with Crippen molar-refractivity contribution < 1.29 is 19.0 Å². The number of carbonyl (C=O) groups excluding carboxylic acids is 1. The van der Waals surface area contributed by atoms with Gasteiger partial charge in [-0.3, -0.25) is 0 Å². The van der Waals surface area contributed by atoms with E-state index in [0.29, 0.717) is 5.02 Å². The molecule has 6 heteroatoms. The Bertz CT molecular complexity index is 554. The van der Waals surface area contributed by atoms with Gasteiger partial charge in [0.1, 0.15) is 12.9 Å². The number of hydrogen-bond donors (Lipinski definition) is 1. The molecule has 1 aliphatic carbocycles. The Kier molecular flexibility index (Phi) is 6.90. The first-order chi connectivity index (χ1) is 11.6. The lowest BCUT2D eigenvalue weighted by atomic mass is 9.63. The molecule has 0 saturated heterocycles. The highest BCUT2D eigenvalue weighted by molar-refractivity contribution is 6.31. The van der Waals surface area contributed by atoms with Crippen LogP contribution in [0.3, 0.4) is 0 Å². The van der Waals surface area contributed by atoms with Gasteiger partial charge in [-0.25, -0.2) is 4.79 Å². The van der Waals surface area contributed by atoms with Crippen molar-refractivity contribution in [2.24, 2.45) is 5.73 Å². The van der Waals surface area contributed by atoms with Gasteiger partial charge >= 0.3 is 6.09 Å². The van der Waals surface area contributed by atoms with Crippen molar-refractivity contribution in [3.63, 3.8) is 0 Å². The topological polar surface area (TPSA) is 70.8 Å². The molecule has 0 heterocycles. The van der Waals surface area contributed by atoms with Crippen molar-refractivity contribution in [1.29, 1.82) is 0 Å². The molecule has 3 atom stereocenters. The van der Waals surface area contributed by atoms with E-state index in [9.17, 15) is 4.79 Å². The van der Waals surface area contributed by atoms with Crippen LogP contribution in [0.25, 0.3) is 0 Å². The summed E-state index contributed by atoms with van der Waals surface area (Å²) >= 11 is 6.53. The zero-order valence-electron chi connectivity index (χ0n) is 14.3. The van der Waals surface area contributed by atoms with E-state index < -0.39 is 11.5 Å². The van der Waals surface area contributed by atoms with Gasteiger partial charge in [0.05, 0.1) is 11.5 Å². The Labute approximate surface area is 148 Å². The number of benzene rings is 1. The number of methoxy groups -OCH3 is 1. The van der Waals surface area contributed by atoms with E-state index in [1.165, 1.54) is 0 Å². The number of halogens is 1. The monoisotopic (exact) mass is 355 g/mol. The molecule has 0 radical (unpaired) electrons. The lowest BCUT2D eigenvalue weighted by molar-refractivity contribution is -0.132. The van der Waals surface area contributed by atoms with Crippen molar-refractivity contribution in [3.05, 3.63) is 34.9 Å². The summed E-state index contributed by atoms with van der Waals surface area (Å²) in [6.07, 6.45) is 2.96. The zero-order chi connectivity index (χ0) is 17.6. The number of hydrogen-bond acceptors (Lipinski definition) is 4. The van der Waals surface area contributed by atoms with E-state index in [2.05, 4.69) is 6.92 Å². The summed E-state index contributed by atoms with van der Waals surface area (Å²) in [5, 5.41) is 0.650. The van der Waals surface area contributed by atoms with Gasteiger partial charge in [-0.2, -0.15) is 0 Å². The third kappa shape index (κ3) is 3.85. The Morgan fingerprint density at radius 2 is 2.17 bits per heavy atom. The summed E-state index contributed by atoms with van der Waals surface area (Å²) in [5.41, 5.74) is 5.76. The molecule has 1 saturated carbocycles. The molecule has 1 fully saturated rings. The molecule has 134 valence electrons. The Morgan fingerprint density at radius 3 is 2.79 bits per heavy atom. The van der Waals surface area contributed by atoms with Gasteiger partial charge in [-0.1, -0.05) is 43.1 Å². The van der Waals surface area contributed by atoms with Crippen molar-refractivity contribution in [2.75, 3.05) is 13.9 Å². The van der Waals surface area contributed by atoms with E-state index in [4.69, 9.17) is 31.5 Å². The van der Waals surface area contributed by atoms with Gasteiger partial charge in [0.25, 0.3) is 0 Å². The third-order valence-corrected chi connectivity index (χ3v) is 5.18. The van der Waals surface area contributed by atoms with Crippen LogP contribution in [0.5, 0.6) is 0 Å². The SMILES string of the molecule is CCC(OCOC)[C@]1(c2ccccc2Cl)CCCC[C@H]1OC(N)=O. The first-order valence-electron chi connectivity index (χ1n) is 8.37. The highest BCUT2D eigenvalue weighted by Gasteiger charge is 2.51. The maximum Gasteiger partial charge on any atom is 0.404 e. The van der Waals surface area contributed by atoms with Crippen molar-refractivity contribution in [2.45, 2.75) is 56.7 Å². The van der Waals surface area contributed by atoms with Gasteiger partial charge in [0, 0.05) is 12.1 Å². The summed E-state index contributed by atoms with van der Waals surface area (Å²) < 4.78 is 16.6. The molecule has 0 spiro atoms. The molecule has 2 rings (SSSR count). The normalized spacial score (nSPS) is 25.2. The van der Waals surface area contributed by atoms with E-state index in [1.807, 2.05) is 24.3 Å². The van der Waals surface area contributed by atoms with Crippen LogP contribution in [0.2, 0.25) is 5.02 Å². The van der Waals surface area contributed by atoms with E-state index in [1.54, 1.807) is 7.11 Å². The number of amides is 1. The molecule has 0 aliphatic heterocycles. The smallest absolute Gasteiger partial charge is 0.404 e. The molecule has 1 amide bonds. The summed E-state index contributed by atoms with van der Waals surface area (Å²) in [7, 11) is 1.59. The fraction of sp³-hybridized carbons (Fsp3) is 0.611. The van der Waals surface area contributed by atoms with E-state index in [-0.39, 0.29) is 19.0 Å². The first-order valence-corrected chi connectivity index (χ1v) is 8.75. The van der Waals surface area contributed by atoms with Gasteiger partial charge in [-0.15, -0.1) is 0 Å². The molecule has 0 bridgehead atoms. The highest BCUT2D eigenvalue weighted by Crippen LogP contribution is 2.48. The third-order valence-electron chi connectivity index (χ3n) is 4.85. The van der Waals surface area contributed by atoms with Crippen LogP contribution in [0.15, 0.2) is 24.3 Å². The molecule has 2 N–H and O–H groups in total. The Morgan fingerprint density at radius 1 is 1.42 bits per heavy atom. The maximum atomic E-state index is 11.5. The first kappa shape index (κ1) is 19.0. The molecule has 0 aromatic heterocycles. The molecule has 24 heavy (non-hydrogen) atoms. The van der Waals surface area contributed by atoms with Crippen LogP contribution in [0, 0.1) is 0 Å². The number of primary amides is 1. The van der Waals surface area contributed by atoms with Gasteiger partial charge < -0.3 is 19.9 Å². The fourth-order valence-corrected chi connectivity index (χ4v) is 4.25. The second kappa shape index (κ2) is 8.70. The fourth-order valence-electron chi connectivity index (χ4n) is 3.94. The van der Waals surface area contributed by atoms with Crippen LogP contribution in [-0.2, 0) is 19.6 Å². The van der Waals surface area contributed by atoms with E-state index >= 15 is 0 Å². The van der Waals surface area contributed by atoms with Gasteiger partial charge in [0.15, 0.2) is 0 Å². The minimum atomic E-state index is -0.764. The molecule has 1 unspecified atom stereocenters. The van der Waals surface area contributed by atoms with Crippen LogP contribution in [-0.4, -0.2) is 32.2 Å². The number of carbonyl (C=O) groups is 1. The maximum absolute atomic E-state index is 11.5. The van der Waals surface area contributed by atoms with Crippen molar-refractivity contribution in [1.82, 2.24) is 0 Å². The summed E-state index contributed by atoms with van der Waals surface area (Å²) in [6, 6.07) is 7.69. The minimum absolute atomic E-state index is 0.175. The van der Waals surface area contributed by atoms with Crippen molar-refractivity contribution in [3.8, 4) is 0 Å². The summed E-state index contributed by atoms with van der Waals surface area (Å²) in [5.74, 6) is 0. The molecule has 1 aliphatic rings. The number of ether oxygens (including phenoxy) is 3. The molecule has 1 aromatic carbocycles. The highest BCUT2D eigenvalue weighted by atomic mass is 35.5. The van der Waals surface area contributed by atoms with Gasteiger partial charge in [0.2, 0.25) is 0 Å². The average molecular weight is 356 g/mol. The van der Waals surface area contributed by atoms with Crippen LogP contribution in [0.4, 0.5) is 4.79 Å². The van der Waals surface area contributed by atoms with Crippen LogP contribution >= 0.6 is 11.6 Å². The second-order valence-corrected chi connectivity index (χ2v) is 6.57. The lowest BCUT2D eigenvalue weighted by Crippen LogP contribution is -2.54. The van der Waals surface area contributed by atoms with Crippen LogP contribution < -0.4 is 5.73 Å². The predicted molar refractivity (Wildman–Crippen MR) is 93.1 cm³/mol. The second-order valence-electron chi connectivity index (χ2n) is 6.16. The minimum Gasteiger partial charge on any atom is -0.445 e. The van der Waals surface area contributed by atoms with Crippen LogP contribution in [0.1, 0.15) is 44.6 Å². The zero-order valence-corrected chi connectivity index (χ0v) is 15.1. The van der Waals surface area contributed by atoms with E-state index in [0.717, 1.165) is 37.7 Å². The largest absolute Gasteiger partial charge is 0.445 e. The Hall–Kier alpha value is -1.30. The molecular formula is C18H26ClNO4. The predicted octanol–water partition coefficient (Wildman–Crippen LogP) is 4.01. The van der Waals surface area contributed by atoms with Crippen molar-refractivity contribution >= 4 is 17.7 Å². The standard InChI is InChI=1S/C18H26ClNO4/c1-3-15(23-12-22-2)18(13-8-4-5-9-14(13)19)11-7-6-10-16(18)24-17(20)21/h4-5,8-9,15-16H,3,6-7,10-12H2,1-2H3,(H2,20,21)/t15?,16-,18-/m1/s1. The molecular weight excluding hydrogens is 330 g/mol.